The standard InChI is InChI=1S/C19H23N3O3S/c1-21-9-3-6-13(21)14-7-4-10-22(14)11-16(23)20-18-17(19(24)25)12-5-2-8-15(12)26-18/h3,6,9,14H,2,4-5,7-8,10-11H2,1H3,(H,20,23)(H,24,25)/t14-/m1/s1. The number of thiophene rings is 1. The lowest BCUT2D eigenvalue weighted by atomic mass is 10.1. The van der Waals surface area contributed by atoms with Crippen molar-refractivity contribution in [2.24, 2.45) is 7.05 Å². The molecule has 1 aliphatic heterocycles. The minimum Gasteiger partial charge on any atom is -0.478 e. The number of carboxylic acids is 1. The van der Waals surface area contributed by atoms with Gasteiger partial charge in [-0.05, 0) is 56.3 Å². The zero-order chi connectivity index (χ0) is 18.3. The second-order valence-corrected chi connectivity index (χ2v) is 8.19. The number of aryl methyl sites for hydroxylation is 2. The summed E-state index contributed by atoms with van der Waals surface area (Å²) < 4.78 is 2.10. The zero-order valence-corrected chi connectivity index (χ0v) is 15.6. The van der Waals surface area contributed by atoms with Crippen LogP contribution < -0.4 is 5.32 Å². The van der Waals surface area contributed by atoms with Gasteiger partial charge in [-0.3, -0.25) is 9.69 Å². The molecule has 1 saturated heterocycles. The minimum absolute atomic E-state index is 0.131. The van der Waals surface area contributed by atoms with Gasteiger partial charge in [-0.15, -0.1) is 11.3 Å². The second-order valence-electron chi connectivity index (χ2n) is 7.09. The highest BCUT2D eigenvalue weighted by Crippen LogP contribution is 2.39. The molecule has 2 N–H and O–H groups in total. The minimum atomic E-state index is -0.942. The molecule has 138 valence electrons. The monoisotopic (exact) mass is 373 g/mol. The summed E-state index contributed by atoms with van der Waals surface area (Å²) in [6.45, 7) is 1.17. The molecular weight excluding hydrogens is 350 g/mol. The molecule has 0 radical (unpaired) electrons. The highest BCUT2D eigenvalue weighted by atomic mass is 32.1. The van der Waals surface area contributed by atoms with E-state index in [1.807, 2.05) is 19.3 Å². The van der Waals surface area contributed by atoms with E-state index < -0.39 is 5.97 Å². The number of amides is 1. The van der Waals surface area contributed by atoms with E-state index in [0.29, 0.717) is 10.6 Å². The number of anilines is 1. The summed E-state index contributed by atoms with van der Waals surface area (Å²) in [6.07, 6.45) is 6.85. The van der Waals surface area contributed by atoms with Gasteiger partial charge in [-0.2, -0.15) is 0 Å². The Morgan fingerprint density at radius 2 is 2.19 bits per heavy atom. The Morgan fingerprint density at radius 3 is 2.92 bits per heavy atom. The number of nitrogens with one attached hydrogen (secondary N) is 1. The molecule has 3 heterocycles. The maximum Gasteiger partial charge on any atom is 0.339 e. The van der Waals surface area contributed by atoms with E-state index in [9.17, 15) is 14.7 Å². The van der Waals surface area contributed by atoms with Crippen molar-refractivity contribution < 1.29 is 14.7 Å². The van der Waals surface area contributed by atoms with Crippen LogP contribution in [0, 0.1) is 0 Å². The van der Waals surface area contributed by atoms with Gasteiger partial charge in [0.05, 0.1) is 18.2 Å². The summed E-state index contributed by atoms with van der Waals surface area (Å²) in [5, 5.41) is 12.9. The van der Waals surface area contributed by atoms with Gasteiger partial charge in [-0.1, -0.05) is 0 Å². The molecule has 0 aromatic carbocycles. The van der Waals surface area contributed by atoms with Crippen molar-refractivity contribution >= 4 is 28.2 Å². The van der Waals surface area contributed by atoms with E-state index in [1.165, 1.54) is 17.0 Å². The van der Waals surface area contributed by atoms with Crippen LogP contribution in [0.5, 0.6) is 0 Å². The first kappa shape index (κ1) is 17.3. The summed E-state index contributed by atoms with van der Waals surface area (Å²) in [7, 11) is 2.03. The number of fused-ring (bicyclic) bond motifs is 1. The topological polar surface area (TPSA) is 74.6 Å². The Morgan fingerprint density at radius 1 is 1.35 bits per heavy atom. The molecule has 1 fully saturated rings. The van der Waals surface area contributed by atoms with Crippen molar-refractivity contribution in [3.63, 3.8) is 0 Å². The SMILES string of the molecule is Cn1cccc1[C@H]1CCCN1CC(=O)Nc1sc2c(c1C(=O)O)CCC2. The Balaban J connectivity index is 1.48. The van der Waals surface area contributed by atoms with E-state index in [0.717, 1.165) is 49.1 Å². The Hall–Kier alpha value is -2.12. The van der Waals surface area contributed by atoms with Crippen LogP contribution in [0.1, 0.15) is 51.8 Å². The molecule has 4 rings (SSSR count). The van der Waals surface area contributed by atoms with Crippen molar-refractivity contribution in [3.05, 3.63) is 40.0 Å². The summed E-state index contributed by atoms with van der Waals surface area (Å²) in [5.74, 6) is -1.07. The van der Waals surface area contributed by atoms with E-state index >= 15 is 0 Å². The first-order chi connectivity index (χ1) is 12.5. The van der Waals surface area contributed by atoms with Gasteiger partial charge in [0.15, 0.2) is 0 Å². The predicted octanol–water partition coefficient (Wildman–Crippen LogP) is 3.05. The van der Waals surface area contributed by atoms with Gasteiger partial charge in [-0.25, -0.2) is 4.79 Å². The van der Waals surface area contributed by atoms with Crippen LogP contribution in [0.4, 0.5) is 5.00 Å². The van der Waals surface area contributed by atoms with E-state index in [-0.39, 0.29) is 18.5 Å². The molecule has 0 bridgehead atoms. The normalized spacial score (nSPS) is 19.7. The number of likely N-dealkylation sites (tertiary alicyclic amines) is 1. The molecule has 2 aromatic heterocycles. The largest absolute Gasteiger partial charge is 0.478 e. The third-order valence-electron chi connectivity index (χ3n) is 5.42. The van der Waals surface area contributed by atoms with Gasteiger partial charge in [0.2, 0.25) is 5.91 Å². The maximum atomic E-state index is 12.6. The number of aromatic nitrogens is 1. The number of carbonyl (C=O) groups is 2. The molecular formula is C19H23N3O3S. The molecule has 2 aromatic rings. The number of hydrogen-bond acceptors (Lipinski definition) is 4. The fourth-order valence-electron chi connectivity index (χ4n) is 4.24. The third-order valence-corrected chi connectivity index (χ3v) is 6.63. The number of carbonyl (C=O) groups excluding carboxylic acids is 1. The van der Waals surface area contributed by atoms with Gasteiger partial charge < -0.3 is 15.0 Å². The van der Waals surface area contributed by atoms with Crippen molar-refractivity contribution in [2.45, 2.75) is 38.1 Å². The van der Waals surface area contributed by atoms with Gasteiger partial charge in [0.25, 0.3) is 0 Å². The quantitative estimate of drug-likeness (QED) is 0.845. The van der Waals surface area contributed by atoms with Gasteiger partial charge >= 0.3 is 5.97 Å². The maximum absolute atomic E-state index is 12.6. The summed E-state index contributed by atoms with van der Waals surface area (Å²) in [4.78, 5) is 27.6. The fourth-order valence-corrected chi connectivity index (χ4v) is 5.54. The molecule has 1 atom stereocenters. The molecule has 6 nitrogen and oxygen atoms in total. The molecule has 2 aliphatic rings. The van der Waals surface area contributed by atoms with E-state index in [1.54, 1.807) is 0 Å². The molecule has 0 saturated carbocycles. The lowest BCUT2D eigenvalue weighted by Crippen LogP contribution is -2.33. The lowest BCUT2D eigenvalue weighted by molar-refractivity contribution is -0.117. The predicted molar refractivity (Wildman–Crippen MR) is 101 cm³/mol. The van der Waals surface area contributed by atoms with Crippen molar-refractivity contribution in [1.29, 1.82) is 0 Å². The van der Waals surface area contributed by atoms with Crippen molar-refractivity contribution in [3.8, 4) is 0 Å². The van der Waals surface area contributed by atoms with Crippen LogP contribution in [-0.4, -0.2) is 39.5 Å². The van der Waals surface area contributed by atoms with Crippen LogP contribution in [0.15, 0.2) is 18.3 Å². The second kappa shape index (κ2) is 6.89. The average Bonchev–Trinajstić information content (AvgIpc) is 3.31. The summed E-state index contributed by atoms with van der Waals surface area (Å²) >= 11 is 1.43. The number of carboxylic acid groups (broad SMARTS) is 1. The first-order valence-electron chi connectivity index (χ1n) is 9.07. The highest BCUT2D eigenvalue weighted by Gasteiger charge is 2.31. The summed E-state index contributed by atoms with van der Waals surface area (Å²) in [5.41, 5.74) is 2.44. The number of rotatable bonds is 5. The number of hydrogen-bond donors (Lipinski definition) is 2. The third kappa shape index (κ3) is 3.05. The molecule has 0 spiro atoms. The molecule has 1 aliphatic carbocycles. The Bertz CT molecular complexity index is 854. The molecule has 1 amide bonds. The lowest BCUT2D eigenvalue weighted by Gasteiger charge is -2.24. The van der Waals surface area contributed by atoms with Crippen LogP contribution >= 0.6 is 11.3 Å². The van der Waals surface area contributed by atoms with Crippen molar-refractivity contribution in [2.75, 3.05) is 18.4 Å². The van der Waals surface area contributed by atoms with Crippen LogP contribution in [0.25, 0.3) is 0 Å². The Labute approximate surface area is 156 Å². The number of aromatic carboxylic acids is 1. The smallest absolute Gasteiger partial charge is 0.339 e. The number of nitrogens with zero attached hydrogens (tertiary/aromatic N) is 2. The fraction of sp³-hybridized carbons (Fsp3) is 0.474. The van der Waals surface area contributed by atoms with Gasteiger partial charge in [0.1, 0.15) is 5.00 Å². The Kier molecular flexibility index (Phi) is 4.58. The van der Waals surface area contributed by atoms with Crippen LogP contribution in [-0.2, 0) is 24.7 Å². The van der Waals surface area contributed by atoms with Crippen LogP contribution in [0.3, 0.4) is 0 Å². The first-order valence-corrected chi connectivity index (χ1v) is 9.89. The molecule has 7 heteroatoms. The van der Waals surface area contributed by atoms with E-state index in [4.69, 9.17) is 0 Å². The zero-order valence-electron chi connectivity index (χ0n) is 14.8. The molecule has 26 heavy (non-hydrogen) atoms. The van der Waals surface area contributed by atoms with Crippen molar-refractivity contribution in [1.82, 2.24) is 9.47 Å². The van der Waals surface area contributed by atoms with Gasteiger partial charge in [0, 0.05) is 23.8 Å². The summed E-state index contributed by atoms with van der Waals surface area (Å²) in [6, 6.07) is 4.37. The average molecular weight is 373 g/mol. The van der Waals surface area contributed by atoms with E-state index in [2.05, 4.69) is 20.9 Å². The molecule has 0 unspecified atom stereocenters. The van der Waals surface area contributed by atoms with Crippen LogP contribution in [0.2, 0.25) is 0 Å². The highest BCUT2D eigenvalue weighted by molar-refractivity contribution is 7.17.